The van der Waals surface area contributed by atoms with Crippen LogP contribution in [0.4, 0.5) is 0 Å². The molecule has 1 heterocycles. The van der Waals surface area contributed by atoms with E-state index in [4.69, 9.17) is 5.11 Å². The normalized spacial score (nSPS) is 36.6. The smallest absolute Gasteiger partial charge is 0.120 e. The molecular formula is C12H17NO5. The quantitative estimate of drug-likeness (QED) is 0.383. The number of piperidine rings is 1. The van der Waals surface area contributed by atoms with Gasteiger partial charge in [-0.3, -0.25) is 0 Å². The first kappa shape index (κ1) is 13.3. The van der Waals surface area contributed by atoms with E-state index >= 15 is 0 Å². The lowest BCUT2D eigenvalue weighted by molar-refractivity contribution is -0.120. The van der Waals surface area contributed by atoms with Gasteiger partial charge in [-0.25, -0.2) is 0 Å². The zero-order chi connectivity index (χ0) is 13.3. The zero-order valence-corrected chi connectivity index (χ0v) is 9.64. The molecule has 0 saturated carbocycles. The molecular weight excluding hydrogens is 238 g/mol. The fourth-order valence-corrected chi connectivity index (χ4v) is 2.25. The first-order chi connectivity index (χ1) is 8.56. The molecule has 18 heavy (non-hydrogen) atoms. The third-order valence-corrected chi connectivity index (χ3v) is 3.32. The largest absolute Gasteiger partial charge is 0.508 e. The predicted octanol–water partition coefficient (Wildman–Crippen LogP) is -1.52. The molecule has 1 aliphatic rings. The summed E-state index contributed by atoms with van der Waals surface area (Å²) in [5.74, 6) is -0.0191. The molecule has 1 saturated heterocycles. The number of aliphatic hydroxyl groups is 4. The summed E-state index contributed by atoms with van der Waals surface area (Å²) in [6, 6.07) is 4.90. The monoisotopic (exact) mass is 255 g/mol. The SMILES string of the molecule is OC[C@H]1N[C@@H](c2ccccc2O)[C@@H](O)[C@@H](O)[C@@H]1O. The van der Waals surface area contributed by atoms with Crippen LogP contribution in [0.2, 0.25) is 0 Å². The lowest BCUT2D eigenvalue weighted by Crippen LogP contribution is -2.62. The second-order valence-corrected chi connectivity index (χ2v) is 4.46. The Bertz CT molecular complexity index is 411. The van der Waals surface area contributed by atoms with Crippen molar-refractivity contribution in [3.63, 3.8) is 0 Å². The van der Waals surface area contributed by atoms with Gasteiger partial charge in [-0.2, -0.15) is 0 Å². The summed E-state index contributed by atoms with van der Waals surface area (Å²) in [6.45, 7) is -0.380. The van der Waals surface area contributed by atoms with Gasteiger partial charge in [-0.1, -0.05) is 18.2 Å². The van der Waals surface area contributed by atoms with E-state index in [2.05, 4.69) is 5.32 Å². The number of benzene rings is 1. The number of rotatable bonds is 2. The van der Waals surface area contributed by atoms with Crippen LogP contribution in [0.15, 0.2) is 24.3 Å². The number of nitrogens with one attached hydrogen (secondary N) is 1. The first-order valence-corrected chi connectivity index (χ1v) is 5.75. The summed E-state index contributed by atoms with van der Waals surface area (Å²) in [5.41, 5.74) is 0.411. The third kappa shape index (κ3) is 2.21. The Kier molecular flexibility index (Phi) is 3.84. The van der Waals surface area contributed by atoms with Gasteiger partial charge < -0.3 is 30.8 Å². The number of aliphatic hydroxyl groups excluding tert-OH is 4. The van der Waals surface area contributed by atoms with E-state index in [1.165, 1.54) is 6.07 Å². The predicted molar refractivity (Wildman–Crippen MR) is 62.9 cm³/mol. The van der Waals surface area contributed by atoms with Crippen LogP contribution in [-0.2, 0) is 0 Å². The van der Waals surface area contributed by atoms with E-state index in [1.807, 2.05) is 0 Å². The summed E-state index contributed by atoms with van der Waals surface area (Å²) >= 11 is 0. The van der Waals surface area contributed by atoms with Crippen molar-refractivity contribution >= 4 is 0 Å². The van der Waals surface area contributed by atoms with Gasteiger partial charge in [0.1, 0.15) is 18.0 Å². The molecule has 0 spiro atoms. The number of aromatic hydroxyl groups is 1. The van der Waals surface area contributed by atoms with Crippen LogP contribution in [0, 0.1) is 0 Å². The minimum absolute atomic E-state index is 0.0191. The fourth-order valence-electron chi connectivity index (χ4n) is 2.25. The fraction of sp³-hybridized carbons (Fsp3) is 0.500. The van der Waals surface area contributed by atoms with E-state index in [1.54, 1.807) is 18.2 Å². The van der Waals surface area contributed by atoms with Gasteiger partial charge in [0.05, 0.1) is 24.8 Å². The van der Waals surface area contributed by atoms with Crippen LogP contribution >= 0.6 is 0 Å². The van der Waals surface area contributed by atoms with Crippen LogP contribution in [-0.4, -0.2) is 56.5 Å². The highest BCUT2D eigenvalue weighted by molar-refractivity contribution is 5.36. The van der Waals surface area contributed by atoms with Crippen molar-refractivity contribution in [2.75, 3.05) is 6.61 Å². The number of hydrogen-bond acceptors (Lipinski definition) is 6. The van der Waals surface area contributed by atoms with Crippen LogP contribution in [0.1, 0.15) is 11.6 Å². The maximum atomic E-state index is 9.93. The van der Waals surface area contributed by atoms with Gasteiger partial charge in [-0.05, 0) is 6.07 Å². The van der Waals surface area contributed by atoms with E-state index in [-0.39, 0.29) is 12.4 Å². The molecule has 6 nitrogen and oxygen atoms in total. The molecule has 0 unspecified atom stereocenters. The summed E-state index contributed by atoms with van der Waals surface area (Å²) in [6.07, 6.45) is -3.91. The van der Waals surface area contributed by atoms with E-state index in [9.17, 15) is 20.4 Å². The maximum absolute atomic E-state index is 9.93. The van der Waals surface area contributed by atoms with Crippen LogP contribution in [0.3, 0.4) is 0 Å². The van der Waals surface area contributed by atoms with Crippen LogP contribution in [0.25, 0.3) is 0 Å². The highest BCUT2D eigenvalue weighted by atomic mass is 16.4. The molecule has 2 rings (SSSR count). The Labute approximate surface area is 104 Å². The number of phenols is 1. The van der Waals surface area contributed by atoms with Crippen molar-refractivity contribution in [1.82, 2.24) is 5.32 Å². The highest BCUT2D eigenvalue weighted by Crippen LogP contribution is 2.31. The van der Waals surface area contributed by atoms with Gasteiger partial charge in [0.2, 0.25) is 0 Å². The molecule has 0 radical (unpaired) electrons. The van der Waals surface area contributed by atoms with Gasteiger partial charge >= 0.3 is 0 Å². The Morgan fingerprint density at radius 3 is 2.28 bits per heavy atom. The van der Waals surface area contributed by atoms with Gasteiger partial charge in [0.25, 0.3) is 0 Å². The molecule has 0 bridgehead atoms. The molecule has 1 fully saturated rings. The second-order valence-electron chi connectivity index (χ2n) is 4.46. The third-order valence-electron chi connectivity index (χ3n) is 3.32. The average molecular weight is 255 g/mol. The van der Waals surface area contributed by atoms with Gasteiger partial charge in [-0.15, -0.1) is 0 Å². The lowest BCUT2D eigenvalue weighted by Gasteiger charge is -2.41. The van der Waals surface area contributed by atoms with Crippen LogP contribution in [0.5, 0.6) is 5.75 Å². The molecule has 100 valence electrons. The molecule has 0 aliphatic carbocycles. The standard InChI is InChI=1S/C12H17NO5/c14-5-7-10(16)12(18)11(17)9(13-7)6-3-1-2-4-8(6)15/h1-4,7,9-18H,5H2/t7-,9+,10-,11-,12+/m1/s1. The Hall–Kier alpha value is -1.18. The lowest BCUT2D eigenvalue weighted by atomic mass is 9.86. The van der Waals surface area contributed by atoms with Crippen molar-refractivity contribution in [1.29, 1.82) is 0 Å². The molecule has 0 aromatic heterocycles. The molecule has 6 heteroatoms. The average Bonchev–Trinajstić information content (AvgIpc) is 2.38. The van der Waals surface area contributed by atoms with Gasteiger partial charge in [0, 0.05) is 5.56 Å². The molecule has 5 atom stereocenters. The maximum Gasteiger partial charge on any atom is 0.120 e. The first-order valence-electron chi connectivity index (χ1n) is 5.75. The van der Waals surface area contributed by atoms with Crippen molar-refractivity contribution in [3.05, 3.63) is 29.8 Å². The van der Waals surface area contributed by atoms with Crippen molar-refractivity contribution in [2.24, 2.45) is 0 Å². The molecule has 0 amide bonds. The Balaban J connectivity index is 2.30. The minimum atomic E-state index is -1.38. The summed E-state index contributed by atoms with van der Waals surface area (Å²) in [5, 5.41) is 51.0. The Morgan fingerprint density at radius 1 is 1.00 bits per heavy atom. The van der Waals surface area contributed by atoms with Crippen molar-refractivity contribution in [3.8, 4) is 5.75 Å². The molecule has 1 aromatic rings. The molecule has 1 aromatic carbocycles. The van der Waals surface area contributed by atoms with E-state index in [0.29, 0.717) is 5.56 Å². The van der Waals surface area contributed by atoms with Crippen molar-refractivity contribution < 1.29 is 25.5 Å². The second kappa shape index (κ2) is 5.21. The number of phenolic OH excluding ortho intramolecular Hbond substituents is 1. The van der Waals surface area contributed by atoms with Crippen LogP contribution < -0.4 is 5.32 Å². The number of hydrogen-bond donors (Lipinski definition) is 6. The topological polar surface area (TPSA) is 113 Å². The number of para-hydroxylation sites is 1. The molecule has 6 N–H and O–H groups in total. The van der Waals surface area contributed by atoms with E-state index < -0.39 is 30.4 Å². The summed E-state index contributed by atoms with van der Waals surface area (Å²) < 4.78 is 0. The zero-order valence-electron chi connectivity index (χ0n) is 9.64. The highest BCUT2D eigenvalue weighted by Gasteiger charge is 2.43. The van der Waals surface area contributed by atoms with Crippen molar-refractivity contribution in [2.45, 2.75) is 30.4 Å². The van der Waals surface area contributed by atoms with Gasteiger partial charge in [0.15, 0.2) is 0 Å². The Morgan fingerprint density at radius 2 is 1.67 bits per heavy atom. The van der Waals surface area contributed by atoms with E-state index in [0.717, 1.165) is 0 Å². The molecule has 1 aliphatic heterocycles. The summed E-state index contributed by atoms with van der Waals surface area (Å²) in [4.78, 5) is 0. The summed E-state index contributed by atoms with van der Waals surface area (Å²) in [7, 11) is 0. The minimum Gasteiger partial charge on any atom is -0.508 e.